The molecule has 1 aliphatic rings. The molecule has 2 heteroatoms. The Morgan fingerprint density at radius 1 is 0.600 bits per heavy atom. The molecule has 0 bridgehead atoms. The molecule has 45 heavy (non-hydrogen) atoms. The lowest BCUT2D eigenvalue weighted by Crippen LogP contribution is -2.15. The molecule has 0 fully saturated rings. The second-order valence-electron chi connectivity index (χ2n) is 13.1. The lowest BCUT2D eigenvalue weighted by atomic mass is 9.82. The minimum absolute atomic E-state index is 0.0279. The number of anilines is 2. The highest BCUT2D eigenvalue weighted by Gasteiger charge is 2.35. The summed E-state index contributed by atoms with van der Waals surface area (Å²) in [5.41, 5.74) is 15.1. The zero-order chi connectivity index (χ0) is 30.7. The van der Waals surface area contributed by atoms with E-state index in [1.165, 1.54) is 66.4 Å². The summed E-state index contributed by atoms with van der Waals surface area (Å²) in [5.74, 6) is 0.573. The predicted octanol–water partition coefficient (Wildman–Crippen LogP) is 12.0. The van der Waals surface area contributed by atoms with Crippen molar-refractivity contribution in [1.82, 2.24) is 4.57 Å². The van der Waals surface area contributed by atoms with Crippen molar-refractivity contribution in [2.45, 2.75) is 45.4 Å². The molecule has 8 rings (SSSR count). The number of nitrogens with zero attached hydrogens (tertiary/aromatic N) is 1. The fourth-order valence-corrected chi connectivity index (χ4v) is 7.32. The predicted molar refractivity (Wildman–Crippen MR) is 192 cm³/mol. The van der Waals surface area contributed by atoms with Crippen LogP contribution in [-0.4, -0.2) is 4.57 Å². The summed E-state index contributed by atoms with van der Waals surface area (Å²) in [7, 11) is 0. The van der Waals surface area contributed by atoms with Crippen molar-refractivity contribution >= 4 is 33.2 Å². The maximum atomic E-state index is 3.76. The molecule has 0 aliphatic heterocycles. The van der Waals surface area contributed by atoms with Crippen LogP contribution >= 0.6 is 0 Å². The van der Waals surface area contributed by atoms with E-state index in [4.69, 9.17) is 0 Å². The van der Waals surface area contributed by atoms with Gasteiger partial charge in [0.2, 0.25) is 0 Å². The second-order valence-corrected chi connectivity index (χ2v) is 13.1. The van der Waals surface area contributed by atoms with Gasteiger partial charge < -0.3 is 9.88 Å². The molecule has 7 aromatic rings. The normalized spacial score (nSPS) is 14.0. The van der Waals surface area contributed by atoms with Crippen molar-refractivity contribution in [2.24, 2.45) is 0 Å². The first kappa shape index (κ1) is 27.5. The molecule has 0 saturated carbocycles. The van der Waals surface area contributed by atoms with Gasteiger partial charge in [-0.2, -0.15) is 0 Å². The van der Waals surface area contributed by atoms with Gasteiger partial charge in [-0.1, -0.05) is 107 Å². The van der Waals surface area contributed by atoms with Crippen LogP contribution < -0.4 is 5.32 Å². The third-order valence-electron chi connectivity index (χ3n) is 10.1. The highest BCUT2D eigenvalue weighted by atomic mass is 15.0. The minimum Gasteiger partial charge on any atom is -0.355 e. The van der Waals surface area contributed by atoms with Gasteiger partial charge in [0.1, 0.15) is 0 Å². The Labute approximate surface area is 266 Å². The van der Waals surface area contributed by atoms with E-state index in [9.17, 15) is 0 Å². The Balaban J connectivity index is 1.23. The van der Waals surface area contributed by atoms with Crippen molar-refractivity contribution in [3.05, 3.63) is 150 Å². The summed E-state index contributed by atoms with van der Waals surface area (Å²) < 4.78 is 2.39. The van der Waals surface area contributed by atoms with Crippen LogP contribution in [0.25, 0.3) is 49.7 Å². The van der Waals surface area contributed by atoms with Crippen LogP contribution in [0.5, 0.6) is 0 Å². The molecule has 0 spiro atoms. The van der Waals surface area contributed by atoms with Gasteiger partial charge in [0.25, 0.3) is 0 Å². The second kappa shape index (κ2) is 10.5. The van der Waals surface area contributed by atoms with E-state index in [0.29, 0.717) is 5.92 Å². The van der Waals surface area contributed by atoms with E-state index in [1.54, 1.807) is 0 Å². The largest absolute Gasteiger partial charge is 0.355 e. The van der Waals surface area contributed by atoms with Crippen LogP contribution in [0.1, 0.15) is 56.7 Å². The number of fused-ring (bicyclic) bond motifs is 6. The maximum Gasteiger partial charge on any atom is 0.0542 e. The molecular weight excluding hydrogens is 544 g/mol. The van der Waals surface area contributed by atoms with Gasteiger partial charge in [0, 0.05) is 33.2 Å². The number of para-hydroxylation sites is 1. The molecule has 1 aromatic heterocycles. The van der Waals surface area contributed by atoms with Crippen molar-refractivity contribution in [3.8, 4) is 27.9 Å². The van der Waals surface area contributed by atoms with E-state index in [1.807, 2.05) is 0 Å². The van der Waals surface area contributed by atoms with Crippen molar-refractivity contribution < 1.29 is 0 Å². The number of hydrogen-bond acceptors (Lipinski definition) is 1. The maximum absolute atomic E-state index is 3.76. The third-order valence-corrected chi connectivity index (χ3v) is 10.1. The topological polar surface area (TPSA) is 17.0 Å². The monoisotopic (exact) mass is 582 g/mol. The van der Waals surface area contributed by atoms with Crippen LogP contribution in [-0.2, 0) is 5.41 Å². The summed E-state index contributed by atoms with van der Waals surface area (Å²) in [6.07, 6.45) is 1.15. The van der Waals surface area contributed by atoms with Crippen molar-refractivity contribution in [1.29, 1.82) is 0 Å². The highest BCUT2D eigenvalue weighted by Crippen LogP contribution is 2.49. The molecule has 2 nitrogen and oxygen atoms in total. The first-order valence-electron chi connectivity index (χ1n) is 16.2. The fraction of sp³-hybridized carbons (Fsp3) is 0.163. The van der Waals surface area contributed by atoms with E-state index in [0.717, 1.165) is 17.8 Å². The summed E-state index contributed by atoms with van der Waals surface area (Å²) in [6, 6.07) is 49.2. The lowest BCUT2D eigenvalue weighted by molar-refractivity contribution is 0.660. The van der Waals surface area contributed by atoms with Crippen LogP contribution in [0.2, 0.25) is 0 Å². The zero-order valence-electron chi connectivity index (χ0n) is 26.4. The van der Waals surface area contributed by atoms with Gasteiger partial charge in [0.15, 0.2) is 0 Å². The Morgan fingerprint density at radius 3 is 2.00 bits per heavy atom. The summed E-state index contributed by atoms with van der Waals surface area (Å²) in [6.45, 7) is 9.22. The fourth-order valence-electron chi connectivity index (χ4n) is 7.32. The molecule has 1 N–H and O–H groups in total. The molecular formula is C43H38N2. The molecule has 1 atom stereocenters. The average Bonchev–Trinajstić information content (AvgIpc) is 3.52. The van der Waals surface area contributed by atoms with Crippen LogP contribution in [0.15, 0.2) is 133 Å². The van der Waals surface area contributed by atoms with Gasteiger partial charge in [-0.15, -0.1) is 0 Å². The Bertz CT molecular complexity index is 2200. The van der Waals surface area contributed by atoms with Crippen LogP contribution in [0.3, 0.4) is 0 Å². The number of benzene rings is 6. The molecule has 0 amide bonds. The Hall–Kier alpha value is -5.08. The minimum atomic E-state index is -0.0279. The number of rotatable bonds is 6. The summed E-state index contributed by atoms with van der Waals surface area (Å²) in [4.78, 5) is 0. The van der Waals surface area contributed by atoms with E-state index in [2.05, 4.69) is 171 Å². The Kier molecular flexibility index (Phi) is 6.42. The van der Waals surface area contributed by atoms with E-state index < -0.39 is 0 Å². The van der Waals surface area contributed by atoms with Gasteiger partial charge >= 0.3 is 0 Å². The molecule has 1 aliphatic carbocycles. The first-order chi connectivity index (χ1) is 21.9. The first-order valence-corrected chi connectivity index (χ1v) is 16.2. The summed E-state index contributed by atoms with van der Waals surface area (Å²) in [5, 5.41) is 6.26. The van der Waals surface area contributed by atoms with E-state index in [-0.39, 0.29) is 5.41 Å². The molecule has 220 valence electrons. The van der Waals surface area contributed by atoms with Gasteiger partial charge in [0.05, 0.1) is 11.0 Å². The van der Waals surface area contributed by atoms with Crippen LogP contribution in [0.4, 0.5) is 11.4 Å². The van der Waals surface area contributed by atoms with Gasteiger partial charge in [-0.25, -0.2) is 0 Å². The highest BCUT2D eigenvalue weighted by molar-refractivity contribution is 6.11. The van der Waals surface area contributed by atoms with Gasteiger partial charge in [-0.3, -0.25) is 0 Å². The average molecular weight is 583 g/mol. The standard InChI is InChI=1S/C43H38N2/c1-5-28(2)29-15-17-30(18-16-29)31-19-23-41-37(25-31)38-26-32(21-24-42(38)45(41)34-11-7-6-8-12-34)44-33-20-22-36-35-13-9-10-14-39(35)43(3,4)40(36)27-33/h6-28,44H,5H2,1-4H3. The number of hydrogen-bond donors (Lipinski definition) is 1. The van der Waals surface area contributed by atoms with Crippen LogP contribution in [0, 0.1) is 0 Å². The Morgan fingerprint density at radius 2 is 1.22 bits per heavy atom. The quantitative estimate of drug-likeness (QED) is 0.206. The SMILES string of the molecule is CCC(C)c1ccc(-c2ccc3c(c2)c2cc(Nc4ccc5c(c4)C(C)(C)c4ccccc4-5)ccc2n3-c2ccccc2)cc1. The smallest absolute Gasteiger partial charge is 0.0542 e. The molecule has 0 radical (unpaired) electrons. The van der Waals surface area contributed by atoms with Crippen molar-refractivity contribution in [2.75, 3.05) is 5.32 Å². The lowest BCUT2D eigenvalue weighted by Gasteiger charge is -2.22. The molecule has 1 unspecified atom stereocenters. The van der Waals surface area contributed by atoms with Gasteiger partial charge in [-0.05, 0) is 106 Å². The number of aromatic nitrogens is 1. The molecule has 1 heterocycles. The third kappa shape index (κ3) is 4.47. The number of nitrogens with one attached hydrogen (secondary N) is 1. The molecule has 0 saturated heterocycles. The summed E-state index contributed by atoms with van der Waals surface area (Å²) >= 11 is 0. The molecule has 6 aromatic carbocycles. The van der Waals surface area contributed by atoms with E-state index >= 15 is 0 Å². The van der Waals surface area contributed by atoms with Crippen molar-refractivity contribution in [3.63, 3.8) is 0 Å². The zero-order valence-corrected chi connectivity index (χ0v) is 26.4.